The van der Waals surface area contributed by atoms with Crippen molar-refractivity contribution in [2.24, 2.45) is 7.05 Å². The quantitative estimate of drug-likeness (QED) is 0.845. The number of hydrogen-bond donors (Lipinski definition) is 1. The molecule has 118 valence electrons. The van der Waals surface area contributed by atoms with Crippen LogP contribution in [0, 0.1) is 10.6 Å². The highest BCUT2D eigenvalue weighted by Crippen LogP contribution is 2.38. The Bertz CT molecular complexity index is 730. The predicted molar refractivity (Wildman–Crippen MR) is 86.0 cm³/mol. The molecule has 0 radical (unpaired) electrons. The van der Waals surface area contributed by atoms with Crippen LogP contribution in [0.25, 0.3) is 0 Å². The fourth-order valence-electron chi connectivity index (χ4n) is 2.62. The highest BCUT2D eigenvalue weighted by atomic mass is 35.5. The van der Waals surface area contributed by atoms with Crippen LogP contribution in [0.3, 0.4) is 0 Å². The highest BCUT2D eigenvalue weighted by Gasteiger charge is 2.29. The Balaban J connectivity index is 1.76. The molecule has 1 aliphatic rings. The lowest BCUT2D eigenvalue weighted by molar-refractivity contribution is -0.917. The highest BCUT2D eigenvalue weighted by molar-refractivity contribution is 7.71. The summed E-state index contributed by atoms with van der Waals surface area (Å²) < 4.78 is 18.4. The summed E-state index contributed by atoms with van der Waals surface area (Å²) in [4.78, 5) is 1.07. The average molecular weight is 342 g/mol. The standard InChI is InChI=1S/C15H18ClFN4S/c1-19(8-11-12(16)4-3-5-13(11)17)9-21-15(22)20(2)14(18-21)10-6-7-10/h3-5,10H,6-9H2,1-2H3/p+1. The molecule has 0 saturated heterocycles. The Morgan fingerprint density at radius 3 is 2.82 bits per heavy atom. The topological polar surface area (TPSA) is 27.2 Å². The van der Waals surface area contributed by atoms with Gasteiger partial charge < -0.3 is 9.47 Å². The number of quaternary nitrogens is 1. The molecule has 0 amide bonds. The van der Waals surface area contributed by atoms with Crippen molar-refractivity contribution in [3.05, 3.63) is 45.2 Å². The maximum absolute atomic E-state index is 13.9. The van der Waals surface area contributed by atoms with Crippen LogP contribution >= 0.6 is 23.8 Å². The zero-order valence-corrected chi connectivity index (χ0v) is 14.2. The van der Waals surface area contributed by atoms with Crippen LogP contribution in [-0.4, -0.2) is 21.4 Å². The van der Waals surface area contributed by atoms with Gasteiger partial charge in [0.15, 0.2) is 6.67 Å². The maximum Gasteiger partial charge on any atom is 0.202 e. The normalized spacial score (nSPS) is 16.0. The van der Waals surface area contributed by atoms with E-state index in [1.54, 1.807) is 12.1 Å². The van der Waals surface area contributed by atoms with Crippen LogP contribution in [0.2, 0.25) is 5.02 Å². The molecule has 1 unspecified atom stereocenters. The Kier molecular flexibility index (Phi) is 4.34. The van der Waals surface area contributed by atoms with Gasteiger partial charge in [-0.1, -0.05) is 17.7 Å². The summed E-state index contributed by atoms with van der Waals surface area (Å²) in [6, 6.07) is 4.77. The zero-order chi connectivity index (χ0) is 15.9. The Labute approximate surface area is 139 Å². The third-order valence-electron chi connectivity index (χ3n) is 3.98. The number of hydrogen-bond acceptors (Lipinski definition) is 2. The van der Waals surface area contributed by atoms with Crippen LogP contribution in [0.1, 0.15) is 30.1 Å². The average Bonchev–Trinajstić information content (AvgIpc) is 3.26. The number of halogens is 2. The van der Waals surface area contributed by atoms with E-state index in [4.69, 9.17) is 23.8 Å². The van der Waals surface area contributed by atoms with Gasteiger partial charge in [0.05, 0.1) is 17.6 Å². The summed E-state index contributed by atoms with van der Waals surface area (Å²) in [7, 11) is 3.94. The van der Waals surface area contributed by atoms with E-state index in [1.165, 1.54) is 18.9 Å². The van der Waals surface area contributed by atoms with Crippen molar-refractivity contribution in [2.45, 2.75) is 32.0 Å². The van der Waals surface area contributed by atoms with E-state index in [-0.39, 0.29) is 5.82 Å². The van der Waals surface area contributed by atoms with E-state index in [1.807, 2.05) is 23.3 Å². The van der Waals surface area contributed by atoms with Gasteiger partial charge in [-0.05, 0) is 37.2 Å². The minimum absolute atomic E-state index is 0.268. The van der Waals surface area contributed by atoms with Crippen molar-refractivity contribution in [1.29, 1.82) is 0 Å². The van der Waals surface area contributed by atoms with E-state index in [0.717, 1.165) is 10.7 Å². The number of benzene rings is 1. The molecule has 1 N–H and O–H groups in total. The number of rotatable bonds is 5. The molecule has 22 heavy (non-hydrogen) atoms. The first kappa shape index (κ1) is 15.6. The second kappa shape index (κ2) is 6.10. The van der Waals surface area contributed by atoms with Crippen LogP contribution in [-0.2, 0) is 20.3 Å². The van der Waals surface area contributed by atoms with E-state index in [9.17, 15) is 4.39 Å². The summed E-state index contributed by atoms with van der Waals surface area (Å²) in [5.41, 5.74) is 0.534. The van der Waals surface area contributed by atoms with Crippen molar-refractivity contribution in [1.82, 2.24) is 14.3 Å². The van der Waals surface area contributed by atoms with Crippen molar-refractivity contribution in [3.8, 4) is 0 Å². The first-order valence-corrected chi connectivity index (χ1v) is 8.14. The summed E-state index contributed by atoms with van der Waals surface area (Å²) in [6.45, 7) is 1.08. The van der Waals surface area contributed by atoms with Crippen molar-refractivity contribution in [2.75, 3.05) is 7.05 Å². The molecule has 0 aliphatic heterocycles. The lowest BCUT2D eigenvalue weighted by atomic mass is 10.2. The van der Waals surface area contributed by atoms with E-state index >= 15 is 0 Å². The molecule has 1 aromatic heterocycles. The zero-order valence-electron chi connectivity index (χ0n) is 12.6. The van der Waals surface area contributed by atoms with Crippen LogP contribution in [0.5, 0.6) is 0 Å². The third-order valence-corrected chi connectivity index (χ3v) is 4.82. The summed E-state index contributed by atoms with van der Waals surface area (Å²) in [5, 5.41) is 5.09. The SMILES string of the molecule is Cn1c(C2CC2)nn(C[NH+](C)Cc2c(F)cccc2Cl)c1=S. The Hall–Kier alpha value is -1.24. The Morgan fingerprint density at radius 1 is 1.45 bits per heavy atom. The largest absolute Gasteiger partial charge is 0.315 e. The summed E-state index contributed by atoms with van der Waals surface area (Å²) in [5.74, 6) is 1.34. The fourth-order valence-corrected chi connectivity index (χ4v) is 3.05. The third kappa shape index (κ3) is 3.09. The second-order valence-corrected chi connectivity index (χ2v) is 6.74. The van der Waals surface area contributed by atoms with Crippen molar-refractivity contribution < 1.29 is 9.29 Å². The van der Waals surface area contributed by atoms with Gasteiger partial charge in [-0.15, -0.1) is 0 Å². The summed E-state index contributed by atoms with van der Waals surface area (Å²) >= 11 is 11.5. The van der Waals surface area contributed by atoms with Gasteiger partial charge in [-0.25, -0.2) is 4.39 Å². The van der Waals surface area contributed by atoms with Crippen molar-refractivity contribution >= 4 is 23.8 Å². The van der Waals surface area contributed by atoms with E-state index in [0.29, 0.717) is 34.5 Å². The molecule has 1 aliphatic carbocycles. The lowest BCUT2D eigenvalue weighted by Gasteiger charge is -2.15. The molecule has 1 atom stereocenters. The van der Waals surface area contributed by atoms with Gasteiger partial charge in [-0.2, -0.15) is 9.78 Å². The van der Waals surface area contributed by atoms with Gasteiger partial charge in [0.25, 0.3) is 0 Å². The molecule has 3 rings (SSSR count). The molecule has 1 saturated carbocycles. The maximum atomic E-state index is 13.9. The van der Waals surface area contributed by atoms with E-state index < -0.39 is 0 Å². The molecule has 4 nitrogen and oxygen atoms in total. The van der Waals surface area contributed by atoms with Crippen molar-refractivity contribution in [3.63, 3.8) is 0 Å². The number of nitrogens with one attached hydrogen (secondary N) is 1. The van der Waals surface area contributed by atoms with Crippen LogP contribution in [0.4, 0.5) is 4.39 Å². The number of nitrogens with zero attached hydrogens (tertiary/aromatic N) is 3. The first-order chi connectivity index (χ1) is 10.5. The van der Waals surface area contributed by atoms with Crippen LogP contribution in [0.15, 0.2) is 18.2 Å². The molecule has 1 heterocycles. The Morgan fingerprint density at radius 2 is 2.18 bits per heavy atom. The predicted octanol–water partition coefficient (Wildman–Crippen LogP) is 2.29. The molecule has 0 spiro atoms. The van der Waals surface area contributed by atoms with Gasteiger partial charge in [0, 0.05) is 13.0 Å². The fraction of sp³-hybridized carbons (Fsp3) is 0.467. The van der Waals surface area contributed by atoms with Gasteiger partial charge >= 0.3 is 0 Å². The molecule has 0 bridgehead atoms. The van der Waals surface area contributed by atoms with Gasteiger partial charge in [0.2, 0.25) is 4.77 Å². The van der Waals surface area contributed by atoms with Gasteiger partial charge in [0.1, 0.15) is 18.2 Å². The molecular formula is C15H19ClFN4S+. The molecule has 2 aromatic rings. The lowest BCUT2D eigenvalue weighted by Crippen LogP contribution is -3.07. The smallest absolute Gasteiger partial charge is 0.202 e. The molecule has 1 fully saturated rings. The molecule has 1 aromatic carbocycles. The molecular weight excluding hydrogens is 323 g/mol. The first-order valence-electron chi connectivity index (χ1n) is 7.35. The minimum Gasteiger partial charge on any atom is -0.315 e. The monoisotopic (exact) mass is 341 g/mol. The minimum atomic E-state index is -0.268. The van der Waals surface area contributed by atoms with Gasteiger partial charge in [-0.3, -0.25) is 0 Å². The number of aromatic nitrogens is 3. The summed E-state index contributed by atoms with van der Waals surface area (Å²) in [6.07, 6.45) is 2.38. The van der Waals surface area contributed by atoms with Crippen LogP contribution < -0.4 is 4.90 Å². The van der Waals surface area contributed by atoms with E-state index in [2.05, 4.69) is 5.10 Å². The molecule has 7 heteroatoms. The second-order valence-electron chi connectivity index (χ2n) is 5.97.